The molecule has 0 bridgehead atoms. The second-order valence-corrected chi connectivity index (χ2v) is 6.53. The van der Waals surface area contributed by atoms with Gasteiger partial charge in [0.1, 0.15) is 5.49 Å². The van der Waals surface area contributed by atoms with Crippen molar-refractivity contribution < 1.29 is 4.79 Å². The highest BCUT2D eigenvalue weighted by atomic mass is 16.2. The molecule has 0 atom stereocenters. The third-order valence-corrected chi connectivity index (χ3v) is 4.82. The molecule has 0 saturated heterocycles. The Labute approximate surface area is 146 Å². The zero-order valence-electron chi connectivity index (χ0n) is 14.1. The Hall–Kier alpha value is -2.75. The zero-order chi connectivity index (χ0) is 17.1. The average molecular weight is 331 g/mol. The number of benzene rings is 1. The lowest BCUT2D eigenvalue weighted by atomic mass is 9.96. The van der Waals surface area contributed by atoms with E-state index in [4.69, 9.17) is 4.99 Å². The summed E-state index contributed by atoms with van der Waals surface area (Å²) in [7, 11) is 0. The van der Waals surface area contributed by atoms with Gasteiger partial charge in [-0.05, 0) is 43.2 Å². The predicted octanol–water partition coefficient (Wildman–Crippen LogP) is 3.96. The molecule has 4 heteroatoms. The van der Waals surface area contributed by atoms with Gasteiger partial charge < -0.3 is 0 Å². The van der Waals surface area contributed by atoms with Gasteiger partial charge in [-0.1, -0.05) is 37.5 Å². The molecule has 0 N–H and O–H groups in total. The number of fused-ring (bicyclic) bond motifs is 1. The van der Waals surface area contributed by atoms with Gasteiger partial charge in [-0.15, -0.1) is 0 Å². The molecule has 1 aliphatic rings. The van der Waals surface area contributed by atoms with Crippen LogP contribution in [0.2, 0.25) is 0 Å². The van der Waals surface area contributed by atoms with Gasteiger partial charge in [-0.3, -0.25) is 19.3 Å². The minimum Gasteiger partial charge on any atom is -0.268 e. The summed E-state index contributed by atoms with van der Waals surface area (Å²) in [4.78, 5) is 22.4. The summed E-state index contributed by atoms with van der Waals surface area (Å²) in [5, 5.41) is 0.870. The minimum atomic E-state index is -0.0613. The van der Waals surface area contributed by atoms with Crippen LogP contribution in [0.5, 0.6) is 0 Å². The van der Waals surface area contributed by atoms with Crippen LogP contribution in [0.3, 0.4) is 0 Å². The lowest BCUT2D eigenvalue weighted by Crippen LogP contribution is -2.29. The molecule has 126 valence electrons. The molecule has 4 nitrogen and oxygen atoms in total. The van der Waals surface area contributed by atoms with Crippen molar-refractivity contribution in [2.75, 3.05) is 0 Å². The molecule has 0 unspecified atom stereocenters. The van der Waals surface area contributed by atoms with Crippen LogP contribution in [-0.4, -0.2) is 21.5 Å². The van der Waals surface area contributed by atoms with Crippen LogP contribution in [0.4, 0.5) is 0 Å². The molecule has 3 aromatic rings. The zero-order valence-corrected chi connectivity index (χ0v) is 14.1. The standard InChI is InChI=1S/C21H21N3O/c25-21(18-10-6-12-19-17(18)11-7-14-22-19)24-15-5-4-13-20(24)23-16-8-2-1-3-9-16/h4-7,10-16H,1-3,8-9H2. The normalized spacial score (nSPS) is 16.2. The SMILES string of the molecule is O=C(c1cccc2ncccc12)n1ccccc1=NC1CCCCC1. The molecular weight excluding hydrogens is 310 g/mol. The summed E-state index contributed by atoms with van der Waals surface area (Å²) in [5.41, 5.74) is 2.22. The fraction of sp³-hybridized carbons (Fsp3) is 0.286. The van der Waals surface area contributed by atoms with Gasteiger partial charge in [-0.25, -0.2) is 0 Å². The third kappa shape index (κ3) is 3.25. The van der Waals surface area contributed by atoms with Crippen LogP contribution < -0.4 is 5.49 Å². The molecule has 0 aliphatic heterocycles. The Bertz CT molecular complexity index is 963. The summed E-state index contributed by atoms with van der Waals surface area (Å²) in [5.74, 6) is -0.0613. The summed E-state index contributed by atoms with van der Waals surface area (Å²) in [6.45, 7) is 0. The number of hydrogen-bond acceptors (Lipinski definition) is 3. The molecule has 1 aliphatic carbocycles. The molecule has 1 aromatic carbocycles. The number of carbonyl (C=O) groups excluding carboxylic acids is 1. The maximum Gasteiger partial charge on any atom is 0.264 e. The topological polar surface area (TPSA) is 47.2 Å². The van der Waals surface area contributed by atoms with Crippen molar-refractivity contribution in [2.45, 2.75) is 38.1 Å². The van der Waals surface area contributed by atoms with Crippen LogP contribution in [0, 0.1) is 0 Å². The number of rotatable bonds is 2. The Morgan fingerprint density at radius 1 is 1.00 bits per heavy atom. The van der Waals surface area contributed by atoms with Crippen LogP contribution in [-0.2, 0) is 0 Å². The van der Waals surface area contributed by atoms with Gasteiger partial charge in [-0.2, -0.15) is 0 Å². The quantitative estimate of drug-likeness (QED) is 0.713. The monoisotopic (exact) mass is 331 g/mol. The number of aromatic nitrogens is 2. The fourth-order valence-electron chi connectivity index (χ4n) is 3.53. The Morgan fingerprint density at radius 2 is 1.88 bits per heavy atom. The lowest BCUT2D eigenvalue weighted by molar-refractivity contribution is 0.0956. The van der Waals surface area contributed by atoms with E-state index in [2.05, 4.69) is 4.98 Å². The van der Waals surface area contributed by atoms with Crippen LogP contribution in [0.1, 0.15) is 42.5 Å². The van der Waals surface area contributed by atoms with Gasteiger partial charge in [0, 0.05) is 23.3 Å². The first kappa shape index (κ1) is 15.8. The van der Waals surface area contributed by atoms with Crippen molar-refractivity contribution in [3.8, 4) is 0 Å². The molecule has 2 heterocycles. The smallest absolute Gasteiger partial charge is 0.264 e. The Kier molecular flexibility index (Phi) is 4.42. The van der Waals surface area contributed by atoms with Crippen LogP contribution >= 0.6 is 0 Å². The van der Waals surface area contributed by atoms with Crippen LogP contribution in [0.15, 0.2) is 65.9 Å². The van der Waals surface area contributed by atoms with E-state index in [-0.39, 0.29) is 5.91 Å². The summed E-state index contributed by atoms with van der Waals surface area (Å²) in [6.07, 6.45) is 9.52. The third-order valence-electron chi connectivity index (χ3n) is 4.82. The number of nitrogens with zero attached hydrogens (tertiary/aromatic N) is 3. The van der Waals surface area contributed by atoms with Crippen molar-refractivity contribution >= 4 is 16.8 Å². The molecular formula is C21H21N3O. The highest BCUT2D eigenvalue weighted by Crippen LogP contribution is 2.20. The average Bonchev–Trinajstić information content (AvgIpc) is 2.68. The highest BCUT2D eigenvalue weighted by Gasteiger charge is 2.15. The second-order valence-electron chi connectivity index (χ2n) is 6.53. The molecule has 2 aromatic heterocycles. The van der Waals surface area contributed by atoms with E-state index < -0.39 is 0 Å². The maximum atomic E-state index is 13.2. The van der Waals surface area contributed by atoms with E-state index in [9.17, 15) is 4.79 Å². The second kappa shape index (κ2) is 7.01. The molecule has 1 fully saturated rings. The van der Waals surface area contributed by atoms with Gasteiger partial charge in [0.25, 0.3) is 5.91 Å². The number of carbonyl (C=O) groups is 1. The summed E-state index contributed by atoms with van der Waals surface area (Å²) < 4.78 is 1.66. The first-order chi connectivity index (χ1) is 12.3. The van der Waals surface area contributed by atoms with E-state index in [1.54, 1.807) is 17.0 Å². The van der Waals surface area contributed by atoms with Crippen molar-refractivity contribution in [1.82, 2.24) is 9.55 Å². The van der Waals surface area contributed by atoms with Gasteiger partial charge in [0.2, 0.25) is 0 Å². The van der Waals surface area contributed by atoms with Gasteiger partial charge in [0.15, 0.2) is 0 Å². The highest BCUT2D eigenvalue weighted by molar-refractivity contribution is 6.07. The molecule has 25 heavy (non-hydrogen) atoms. The lowest BCUT2D eigenvalue weighted by Gasteiger charge is -2.18. The van der Waals surface area contributed by atoms with Gasteiger partial charge >= 0.3 is 0 Å². The van der Waals surface area contributed by atoms with E-state index >= 15 is 0 Å². The minimum absolute atomic E-state index is 0.0613. The Morgan fingerprint density at radius 3 is 2.76 bits per heavy atom. The van der Waals surface area contributed by atoms with E-state index in [0.717, 1.165) is 29.2 Å². The molecule has 4 rings (SSSR count). The first-order valence-corrected chi connectivity index (χ1v) is 8.93. The largest absolute Gasteiger partial charge is 0.268 e. The molecule has 0 spiro atoms. The number of pyridine rings is 2. The van der Waals surface area contributed by atoms with Gasteiger partial charge in [0.05, 0.1) is 11.6 Å². The van der Waals surface area contributed by atoms with Crippen molar-refractivity contribution in [3.05, 3.63) is 72.0 Å². The summed E-state index contributed by atoms with van der Waals surface area (Å²) in [6, 6.07) is 15.5. The fourth-order valence-corrected chi connectivity index (χ4v) is 3.53. The molecule has 1 saturated carbocycles. The first-order valence-electron chi connectivity index (χ1n) is 8.93. The van der Waals surface area contributed by atoms with Crippen molar-refractivity contribution in [1.29, 1.82) is 0 Å². The van der Waals surface area contributed by atoms with Crippen LogP contribution in [0.25, 0.3) is 10.9 Å². The molecule has 0 amide bonds. The molecule has 0 radical (unpaired) electrons. The Balaban J connectivity index is 1.79. The van der Waals surface area contributed by atoms with E-state index in [0.29, 0.717) is 11.6 Å². The summed E-state index contributed by atoms with van der Waals surface area (Å²) >= 11 is 0. The maximum absolute atomic E-state index is 13.2. The van der Waals surface area contributed by atoms with Crippen molar-refractivity contribution in [2.24, 2.45) is 4.99 Å². The van der Waals surface area contributed by atoms with E-state index in [1.807, 2.05) is 48.5 Å². The van der Waals surface area contributed by atoms with E-state index in [1.165, 1.54) is 19.3 Å². The van der Waals surface area contributed by atoms with Crippen molar-refractivity contribution in [3.63, 3.8) is 0 Å². The predicted molar refractivity (Wildman–Crippen MR) is 98.3 cm³/mol. The number of hydrogen-bond donors (Lipinski definition) is 0.